The lowest BCUT2D eigenvalue weighted by Gasteiger charge is -2.07. The quantitative estimate of drug-likeness (QED) is 0.890. The van der Waals surface area contributed by atoms with Crippen LogP contribution in [0.1, 0.15) is 29.5 Å². The van der Waals surface area contributed by atoms with E-state index in [0.717, 1.165) is 23.1 Å². The molecule has 2 rings (SSSR count). The number of hydrogen-bond donors (Lipinski definition) is 2. The van der Waals surface area contributed by atoms with Crippen molar-refractivity contribution in [3.8, 4) is 0 Å². The van der Waals surface area contributed by atoms with Crippen LogP contribution in [0.25, 0.3) is 0 Å². The molecule has 0 saturated heterocycles. The first kappa shape index (κ1) is 12.9. The number of imidazole rings is 1. The molecule has 2 N–H and O–H groups in total. The molecule has 96 valence electrons. The van der Waals surface area contributed by atoms with Gasteiger partial charge in [-0.1, -0.05) is 6.92 Å². The summed E-state index contributed by atoms with van der Waals surface area (Å²) in [4.78, 5) is 18.9. The Labute approximate surface area is 114 Å². The van der Waals surface area contributed by atoms with E-state index < -0.39 is 0 Å². The minimum atomic E-state index is -0.0799. The molecule has 0 fully saturated rings. The minimum absolute atomic E-state index is 0.0799. The van der Waals surface area contributed by atoms with Gasteiger partial charge in [-0.15, -0.1) is 0 Å². The molecule has 2 aromatic rings. The summed E-state index contributed by atoms with van der Waals surface area (Å²) in [7, 11) is 0. The number of amides is 1. The van der Waals surface area contributed by atoms with Crippen LogP contribution in [0.2, 0.25) is 0 Å². The Morgan fingerprint density at radius 2 is 2.44 bits per heavy atom. The number of aryl methyl sites for hydroxylation is 1. The van der Waals surface area contributed by atoms with E-state index >= 15 is 0 Å². The van der Waals surface area contributed by atoms with Crippen LogP contribution in [0.15, 0.2) is 29.3 Å². The molecular formula is C12H15BrN4O. The van der Waals surface area contributed by atoms with Crippen LogP contribution in [0.4, 0.5) is 0 Å². The van der Waals surface area contributed by atoms with Gasteiger partial charge in [-0.25, -0.2) is 4.98 Å². The van der Waals surface area contributed by atoms with E-state index in [1.807, 2.05) is 16.8 Å². The average Bonchev–Trinajstić information content (AvgIpc) is 2.96. The van der Waals surface area contributed by atoms with Crippen molar-refractivity contribution in [3.05, 3.63) is 40.6 Å². The van der Waals surface area contributed by atoms with Gasteiger partial charge in [0.15, 0.2) is 0 Å². The third-order valence-electron chi connectivity index (χ3n) is 2.55. The molecule has 1 amide bonds. The van der Waals surface area contributed by atoms with Gasteiger partial charge in [0.2, 0.25) is 0 Å². The summed E-state index contributed by atoms with van der Waals surface area (Å²) in [5.74, 6) is -0.0799. The maximum atomic E-state index is 12.1. The van der Waals surface area contributed by atoms with Crippen LogP contribution >= 0.6 is 15.9 Å². The summed E-state index contributed by atoms with van der Waals surface area (Å²) in [6.45, 7) is 3.37. The number of carbonyl (C=O) groups is 1. The zero-order valence-electron chi connectivity index (χ0n) is 10.1. The maximum absolute atomic E-state index is 12.1. The third-order valence-corrected chi connectivity index (χ3v) is 2.99. The van der Waals surface area contributed by atoms with Gasteiger partial charge in [-0.3, -0.25) is 4.79 Å². The van der Waals surface area contributed by atoms with Crippen LogP contribution in [0.5, 0.6) is 0 Å². The van der Waals surface area contributed by atoms with E-state index in [9.17, 15) is 4.79 Å². The molecular weight excluding hydrogens is 296 g/mol. The predicted octanol–water partition coefficient (Wildman–Crippen LogP) is 2.31. The van der Waals surface area contributed by atoms with Crippen molar-refractivity contribution in [2.24, 2.45) is 0 Å². The van der Waals surface area contributed by atoms with Gasteiger partial charge in [0.25, 0.3) is 5.91 Å². The van der Waals surface area contributed by atoms with Crippen LogP contribution in [0.3, 0.4) is 0 Å². The van der Waals surface area contributed by atoms with Gasteiger partial charge in [0.05, 0.1) is 18.6 Å². The fourth-order valence-corrected chi connectivity index (χ4v) is 2.20. The first-order chi connectivity index (χ1) is 8.70. The summed E-state index contributed by atoms with van der Waals surface area (Å²) < 4.78 is 2.87. The van der Waals surface area contributed by atoms with Crippen LogP contribution in [-0.4, -0.2) is 20.4 Å². The number of nitrogens with one attached hydrogen (secondary N) is 2. The summed E-state index contributed by atoms with van der Waals surface area (Å²) in [5, 5.41) is 2.86. The zero-order chi connectivity index (χ0) is 13.0. The van der Waals surface area contributed by atoms with Gasteiger partial charge in [-0.05, 0) is 28.4 Å². The van der Waals surface area contributed by atoms with Crippen molar-refractivity contribution in [2.45, 2.75) is 26.4 Å². The lowest BCUT2D eigenvalue weighted by atomic mass is 10.3. The Balaban J connectivity index is 2.03. The van der Waals surface area contributed by atoms with Crippen molar-refractivity contribution in [2.75, 3.05) is 0 Å². The van der Waals surface area contributed by atoms with E-state index in [1.54, 1.807) is 12.5 Å². The number of H-pyrrole nitrogens is 1. The largest absolute Gasteiger partial charge is 0.347 e. The number of carbonyl (C=O) groups excluding carboxylic acids is 1. The standard InChI is InChI=1S/C12H15BrN4O/c1-2-3-17-7-9(13)4-11(17)12(18)15-6-10-5-14-8-16-10/h4-5,7-8H,2-3,6H2,1H3,(H,14,16)(H,15,18). The molecule has 2 aromatic heterocycles. The molecule has 0 aliphatic heterocycles. The highest BCUT2D eigenvalue weighted by Gasteiger charge is 2.12. The molecule has 0 saturated carbocycles. The lowest BCUT2D eigenvalue weighted by Crippen LogP contribution is -2.25. The molecule has 18 heavy (non-hydrogen) atoms. The first-order valence-electron chi connectivity index (χ1n) is 5.82. The fraction of sp³-hybridized carbons (Fsp3) is 0.333. The summed E-state index contributed by atoms with van der Waals surface area (Å²) in [6.07, 6.45) is 6.20. The van der Waals surface area contributed by atoms with Crippen molar-refractivity contribution >= 4 is 21.8 Å². The Kier molecular flexibility index (Phi) is 4.19. The molecule has 0 aliphatic carbocycles. The van der Waals surface area contributed by atoms with Crippen LogP contribution < -0.4 is 5.32 Å². The molecule has 2 heterocycles. The molecule has 0 atom stereocenters. The Bertz CT molecular complexity index is 518. The number of hydrogen-bond acceptors (Lipinski definition) is 2. The van der Waals surface area contributed by atoms with Crippen molar-refractivity contribution in [1.29, 1.82) is 0 Å². The lowest BCUT2D eigenvalue weighted by molar-refractivity contribution is 0.0941. The van der Waals surface area contributed by atoms with Gasteiger partial charge >= 0.3 is 0 Å². The van der Waals surface area contributed by atoms with E-state index in [1.165, 1.54) is 0 Å². The molecule has 0 unspecified atom stereocenters. The number of halogens is 1. The van der Waals surface area contributed by atoms with Crippen molar-refractivity contribution < 1.29 is 4.79 Å². The second-order valence-corrected chi connectivity index (χ2v) is 4.91. The first-order valence-corrected chi connectivity index (χ1v) is 6.61. The maximum Gasteiger partial charge on any atom is 0.268 e. The van der Waals surface area contributed by atoms with E-state index in [4.69, 9.17) is 0 Å². The molecule has 6 heteroatoms. The van der Waals surface area contributed by atoms with Crippen molar-refractivity contribution in [1.82, 2.24) is 19.9 Å². The fourth-order valence-electron chi connectivity index (χ4n) is 1.74. The summed E-state index contributed by atoms with van der Waals surface area (Å²) in [6, 6.07) is 1.83. The smallest absolute Gasteiger partial charge is 0.268 e. The highest BCUT2D eigenvalue weighted by molar-refractivity contribution is 9.10. The van der Waals surface area contributed by atoms with Gasteiger partial charge in [0, 0.05) is 23.4 Å². The molecule has 0 radical (unpaired) electrons. The number of aromatic nitrogens is 3. The second kappa shape index (κ2) is 5.86. The summed E-state index contributed by atoms with van der Waals surface area (Å²) in [5.41, 5.74) is 1.55. The molecule has 5 nitrogen and oxygen atoms in total. The van der Waals surface area contributed by atoms with Gasteiger partial charge in [0.1, 0.15) is 5.69 Å². The number of nitrogens with zero attached hydrogens (tertiary/aromatic N) is 2. The molecule has 0 spiro atoms. The topological polar surface area (TPSA) is 62.7 Å². The van der Waals surface area contributed by atoms with E-state index in [2.05, 4.69) is 38.1 Å². The summed E-state index contributed by atoms with van der Waals surface area (Å²) >= 11 is 3.39. The van der Waals surface area contributed by atoms with Crippen LogP contribution in [-0.2, 0) is 13.1 Å². The Morgan fingerprint density at radius 3 is 3.11 bits per heavy atom. The van der Waals surface area contributed by atoms with Gasteiger partial charge < -0.3 is 14.9 Å². The molecule has 0 bridgehead atoms. The van der Waals surface area contributed by atoms with Crippen LogP contribution in [0, 0.1) is 0 Å². The highest BCUT2D eigenvalue weighted by Crippen LogP contribution is 2.15. The predicted molar refractivity (Wildman–Crippen MR) is 72.2 cm³/mol. The van der Waals surface area contributed by atoms with Crippen molar-refractivity contribution in [3.63, 3.8) is 0 Å². The third kappa shape index (κ3) is 3.01. The van der Waals surface area contributed by atoms with E-state index in [0.29, 0.717) is 12.2 Å². The zero-order valence-corrected chi connectivity index (χ0v) is 11.7. The number of aromatic amines is 1. The molecule has 0 aliphatic rings. The van der Waals surface area contributed by atoms with E-state index in [-0.39, 0.29) is 5.91 Å². The molecule has 0 aromatic carbocycles. The second-order valence-electron chi connectivity index (χ2n) is 4.00. The minimum Gasteiger partial charge on any atom is -0.347 e. The normalized spacial score (nSPS) is 10.6. The Morgan fingerprint density at radius 1 is 1.61 bits per heavy atom. The SMILES string of the molecule is CCCn1cc(Br)cc1C(=O)NCc1cnc[nH]1. The number of rotatable bonds is 5. The average molecular weight is 311 g/mol. The monoisotopic (exact) mass is 310 g/mol. The Hall–Kier alpha value is -1.56. The highest BCUT2D eigenvalue weighted by atomic mass is 79.9. The van der Waals surface area contributed by atoms with Gasteiger partial charge in [-0.2, -0.15) is 0 Å².